The van der Waals surface area contributed by atoms with E-state index in [1.54, 1.807) is 13.3 Å². The normalized spacial score (nSPS) is 11.9. The maximum atomic E-state index is 12.3. The standard InChI is InChI=1S/C24H29N5O2.HI/c1-4-17(2)28-22(30)20-12-8-9-18(13-20)14-26-24(25-3)27-15-21-16-31-23(29-21)19-10-6-5-7-11-19;/h5-13,16-17H,4,14-15H2,1-3H3,(H,28,30)(H2,25,26,27);1H. The minimum absolute atomic E-state index is 0. The first-order valence-corrected chi connectivity index (χ1v) is 10.4. The van der Waals surface area contributed by atoms with Crippen molar-refractivity contribution in [3.05, 3.63) is 77.7 Å². The predicted octanol–water partition coefficient (Wildman–Crippen LogP) is 4.35. The topological polar surface area (TPSA) is 91.5 Å². The second-order valence-electron chi connectivity index (χ2n) is 7.27. The molecule has 170 valence electrons. The molecule has 8 heteroatoms. The fraction of sp³-hybridized carbons (Fsp3) is 0.292. The van der Waals surface area contributed by atoms with Gasteiger partial charge >= 0.3 is 0 Å². The molecule has 1 unspecified atom stereocenters. The SMILES string of the molecule is CCC(C)NC(=O)c1cccc(CNC(=NC)NCc2coc(-c3ccccc3)n2)c1.I. The summed E-state index contributed by atoms with van der Waals surface area (Å²) in [6.07, 6.45) is 2.54. The molecule has 32 heavy (non-hydrogen) atoms. The van der Waals surface area contributed by atoms with E-state index in [0.717, 1.165) is 23.2 Å². The van der Waals surface area contributed by atoms with Crippen LogP contribution in [0.2, 0.25) is 0 Å². The number of oxazole rings is 1. The highest BCUT2D eigenvalue weighted by molar-refractivity contribution is 14.0. The number of hydrogen-bond donors (Lipinski definition) is 3. The van der Waals surface area contributed by atoms with Gasteiger partial charge in [-0.2, -0.15) is 0 Å². The number of amides is 1. The van der Waals surface area contributed by atoms with Gasteiger partial charge in [-0.15, -0.1) is 24.0 Å². The van der Waals surface area contributed by atoms with Gasteiger partial charge in [0.05, 0.1) is 12.2 Å². The van der Waals surface area contributed by atoms with E-state index in [1.807, 2.05) is 68.4 Å². The summed E-state index contributed by atoms with van der Waals surface area (Å²) in [6, 6.07) is 17.5. The van der Waals surface area contributed by atoms with E-state index in [2.05, 4.69) is 25.9 Å². The Morgan fingerprint density at radius 3 is 2.56 bits per heavy atom. The van der Waals surface area contributed by atoms with Crippen molar-refractivity contribution >= 4 is 35.8 Å². The molecule has 3 rings (SSSR count). The molecule has 0 saturated carbocycles. The van der Waals surface area contributed by atoms with Gasteiger partial charge < -0.3 is 20.4 Å². The molecule has 2 aromatic carbocycles. The molecule has 0 aliphatic carbocycles. The third-order valence-corrected chi connectivity index (χ3v) is 4.87. The number of hydrogen-bond acceptors (Lipinski definition) is 4. The number of rotatable bonds is 8. The van der Waals surface area contributed by atoms with Gasteiger partial charge in [0.15, 0.2) is 5.96 Å². The van der Waals surface area contributed by atoms with E-state index in [0.29, 0.717) is 30.5 Å². The average molecular weight is 547 g/mol. The number of halogens is 1. The molecule has 0 aliphatic rings. The van der Waals surface area contributed by atoms with Gasteiger partial charge in [-0.05, 0) is 43.2 Å². The van der Waals surface area contributed by atoms with E-state index in [-0.39, 0.29) is 35.9 Å². The van der Waals surface area contributed by atoms with Gasteiger partial charge in [-0.25, -0.2) is 4.98 Å². The molecule has 0 bridgehead atoms. The zero-order valence-electron chi connectivity index (χ0n) is 18.6. The number of guanidine groups is 1. The third-order valence-electron chi connectivity index (χ3n) is 4.87. The zero-order valence-corrected chi connectivity index (χ0v) is 20.9. The zero-order chi connectivity index (χ0) is 22.1. The molecule has 7 nitrogen and oxygen atoms in total. The summed E-state index contributed by atoms with van der Waals surface area (Å²) in [5, 5.41) is 9.48. The Labute approximate surface area is 206 Å². The van der Waals surface area contributed by atoms with Crippen LogP contribution in [-0.2, 0) is 13.1 Å². The van der Waals surface area contributed by atoms with Crippen molar-refractivity contribution in [1.82, 2.24) is 20.9 Å². The minimum atomic E-state index is -0.0565. The summed E-state index contributed by atoms with van der Waals surface area (Å²) in [5.41, 5.74) is 3.37. The van der Waals surface area contributed by atoms with Crippen LogP contribution >= 0.6 is 24.0 Å². The number of carbonyl (C=O) groups excluding carboxylic acids is 1. The van der Waals surface area contributed by atoms with E-state index in [9.17, 15) is 4.79 Å². The summed E-state index contributed by atoms with van der Waals surface area (Å²) < 4.78 is 5.57. The Morgan fingerprint density at radius 1 is 1.09 bits per heavy atom. The lowest BCUT2D eigenvalue weighted by atomic mass is 10.1. The van der Waals surface area contributed by atoms with Crippen LogP contribution in [0.3, 0.4) is 0 Å². The van der Waals surface area contributed by atoms with Crippen LogP contribution in [-0.4, -0.2) is 29.9 Å². The summed E-state index contributed by atoms with van der Waals surface area (Å²) in [7, 11) is 1.71. The van der Waals surface area contributed by atoms with Crippen molar-refractivity contribution in [3.8, 4) is 11.5 Å². The largest absolute Gasteiger partial charge is 0.444 e. The maximum absolute atomic E-state index is 12.3. The quantitative estimate of drug-likeness (QED) is 0.222. The Kier molecular flexibility index (Phi) is 10.2. The molecule has 3 aromatic rings. The van der Waals surface area contributed by atoms with Crippen LogP contribution in [0.25, 0.3) is 11.5 Å². The second-order valence-corrected chi connectivity index (χ2v) is 7.27. The molecular weight excluding hydrogens is 517 g/mol. The van der Waals surface area contributed by atoms with E-state index in [1.165, 1.54) is 0 Å². The number of aliphatic imine (C=N–C) groups is 1. The molecule has 0 aliphatic heterocycles. The van der Waals surface area contributed by atoms with Crippen LogP contribution in [0.15, 0.2) is 70.3 Å². The lowest BCUT2D eigenvalue weighted by Gasteiger charge is -2.13. The second kappa shape index (κ2) is 12.8. The van der Waals surface area contributed by atoms with E-state index < -0.39 is 0 Å². The first-order chi connectivity index (χ1) is 15.1. The van der Waals surface area contributed by atoms with E-state index in [4.69, 9.17) is 4.42 Å². The van der Waals surface area contributed by atoms with E-state index >= 15 is 0 Å². The molecule has 3 N–H and O–H groups in total. The van der Waals surface area contributed by atoms with Gasteiger partial charge in [-0.1, -0.05) is 37.3 Å². The Hall–Kier alpha value is -2.88. The average Bonchev–Trinajstić information content (AvgIpc) is 3.29. The summed E-state index contributed by atoms with van der Waals surface area (Å²) in [5.74, 6) is 1.17. The molecule has 0 radical (unpaired) electrons. The number of aromatic nitrogens is 1. The molecule has 0 fully saturated rings. The van der Waals surface area contributed by atoms with Crippen LogP contribution in [0.1, 0.15) is 41.9 Å². The highest BCUT2D eigenvalue weighted by atomic mass is 127. The van der Waals surface area contributed by atoms with Gasteiger partial charge in [0, 0.05) is 30.8 Å². The first kappa shape index (κ1) is 25.4. The number of benzene rings is 2. The molecule has 1 amide bonds. The lowest BCUT2D eigenvalue weighted by Crippen LogP contribution is -2.36. The molecule has 1 aromatic heterocycles. The maximum Gasteiger partial charge on any atom is 0.251 e. The Bertz CT molecular complexity index is 1020. The highest BCUT2D eigenvalue weighted by Gasteiger charge is 2.10. The van der Waals surface area contributed by atoms with Crippen LogP contribution in [0.5, 0.6) is 0 Å². The van der Waals surface area contributed by atoms with Crippen molar-refractivity contribution in [2.75, 3.05) is 7.05 Å². The molecular formula is C24H30IN5O2. The van der Waals surface area contributed by atoms with Crippen molar-refractivity contribution in [2.45, 2.75) is 39.4 Å². The smallest absolute Gasteiger partial charge is 0.251 e. The van der Waals surface area contributed by atoms with Gasteiger partial charge in [0.1, 0.15) is 6.26 Å². The number of carbonyl (C=O) groups is 1. The van der Waals surface area contributed by atoms with Gasteiger partial charge in [0.2, 0.25) is 5.89 Å². The minimum Gasteiger partial charge on any atom is -0.444 e. The highest BCUT2D eigenvalue weighted by Crippen LogP contribution is 2.17. The molecule has 1 heterocycles. The van der Waals surface area contributed by atoms with Crippen LogP contribution in [0, 0.1) is 0 Å². The molecule has 0 spiro atoms. The molecule has 1 atom stereocenters. The van der Waals surface area contributed by atoms with Crippen molar-refractivity contribution in [3.63, 3.8) is 0 Å². The first-order valence-electron chi connectivity index (χ1n) is 10.4. The van der Waals surface area contributed by atoms with Crippen molar-refractivity contribution < 1.29 is 9.21 Å². The predicted molar refractivity (Wildman–Crippen MR) is 138 cm³/mol. The fourth-order valence-electron chi connectivity index (χ4n) is 2.91. The van der Waals surface area contributed by atoms with Crippen molar-refractivity contribution in [1.29, 1.82) is 0 Å². The van der Waals surface area contributed by atoms with Crippen LogP contribution in [0.4, 0.5) is 0 Å². The number of nitrogens with one attached hydrogen (secondary N) is 3. The summed E-state index contributed by atoms with van der Waals surface area (Å²) in [6.45, 7) is 5.06. The fourth-order valence-corrected chi connectivity index (χ4v) is 2.91. The van der Waals surface area contributed by atoms with Gasteiger partial charge in [-0.3, -0.25) is 9.79 Å². The van der Waals surface area contributed by atoms with Crippen LogP contribution < -0.4 is 16.0 Å². The number of nitrogens with zero attached hydrogens (tertiary/aromatic N) is 2. The Balaban J connectivity index is 0.00000363. The van der Waals surface area contributed by atoms with Crippen molar-refractivity contribution in [2.24, 2.45) is 4.99 Å². The summed E-state index contributed by atoms with van der Waals surface area (Å²) in [4.78, 5) is 21.1. The monoisotopic (exact) mass is 547 g/mol. The Morgan fingerprint density at radius 2 is 1.84 bits per heavy atom. The summed E-state index contributed by atoms with van der Waals surface area (Å²) >= 11 is 0. The molecule has 0 saturated heterocycles. The van der Waals surface area contributed by atoms with Gasteiger partial charge in [0.25, 0.3) is 5.91 Å². The lowest BCUT2D eigenvalue weighted by molar-refractivity contribution is 0.0939. The third kappa shape index (κ3) is 7.37.